The van der Waals surface area contributed by atoms with E-state index < -0.39 is 35.1 Å². The molecule has 0 spiro atoms. The molecule has 0 bridgehead atoms. The van der Waals surface area contributed by atoms with E-state index in [1.54, 1.807) is 0 Å². The average Bonchev–Trinajstić information content (AvgIpc) is 3.08. The Labute approximate surface area is 172 Å². The summed E-state index contributed by atoms with van der Waals surface area (Å²) in [6.45, 7) is 0.480. The van der Waals surface area contributed by atoms with Gasteiger partial charge >= 0.3 is 0 Å². The fourth-order valence-electron chi connectivity index (χ4n) is 3.36. The summed E-state index contributed by atoms with van der Waals surface area (Å²) in [7, 11) is 0. The number of nitrogens with zero attached hydrogens (tertiary/aromatic N) is 2. The topological polar surface area (TPSA) is 62.3 Å². The Morgan fingerprint density at radius 3 is 2.40 bits per heavy atom. The molecule has 0 aliphatic carbocycles. The summed E-state index contributed by atoms with van der Waals surface area (Å²) >= 11 is 1.03. The second-order valence-electron chi connectivity index (χ2n) is 6.93. The number of carbonyl (C=O) groups excluding carboxylic acids is 2. The number of thiazole rings is 1. The largest absolute Gasteiger partial charge is 0.339 e. The molecular formula is C20H15F4N3O2S. The number of halogens is 4. The van der Waals surface area contributed by atoms with Crippen LogP contribution in [-0.2, 0) is 4.79 Å². The highest BCUT2D eigenvalue weighted by Gasteiger charge is 2.29. The number of anilines is 1. The molecule has 3 aromatic rings. The normalized spacial score (nSPS) is 14.9. The number of rotatable bonds is 3. The molecule has 30 heavy (non-hydrogen) atoms. The van der Waals surface area contributed by atoms with Crippen LogP contribution in [0.15, 0.2) is 30.3 Å². The molecule has 2 amide bonds. The van der Waals surface area contributed by atoms with Gasteiger partial charge in [0.25, 0.3) is 5.91 Å². The minimum atomic E-state index is -1.01. The van der Waals surface area contributed by atoms with Crippen LogP contribution in [0.4, 0.5) is 22.7 Å². The Bertz CT molecular complexity index is 1100. The minimum Gasteiger partial charge on any atom is -0.339 e. The lowest BCUT2D eigenvalue weighted by atomic mass is 9.95. The van der Waals surface area contributed by atoms with E-state index in [9.17, 15) is 27.2 Å². The minimum absolute atomic E-state index is 0.215. The quantitative estimate of drug-likeness (QED) is 0.620. The molecule has 1 N–H and O–H groups in total. The molecule has 1 aliphatic rings. The first-order valence-corrected chi connectivity index (χ1v) is 9.94. The number of carbonyl (C=O) groups is 2. The SMILES string of the molecule is O=C(Nc1nc2cc(F)c(F)cc2s1)C1CCN(C(=O)c2ccc(F)cc2F)CC1. The van der Waals surface area contributed by atoms with E-state index in [1.165, 1.54) is 4.90 Å². The smallest absolute Gasteiger partial charge is 0.256 e. The average molecular weight is 437 g/mol. The van der Waals surface area contributed by atoms with Crippen LogP contribution in [-0.4, -0.2) is 34.8 Å². The van der Waals surface area contributed by atoms with Crippen molar-refractivity contribution in [2.24, 2.45) is 5.92 Å². The fourth-order valence-corrected chi connectivity index (χ4v) is 4.24. The third kappa shape index (κ3) is 4.00. The zero-order chi connectivity index (χ0) is 21.4. The Kier molecular flexibility index (Phi) is 5.42. The Morgan fingerprint density at radius 1 is 1.00 bits per heavy atom. The number of aromatic nitrogens is 1. The lowest BCUT2D eigenvalue weighted by Gasteiger charge is -2.31. The van der Waals surface area contributed by atoms with Gasteiger partial charge in [-0.05, 0) is 31.0 Å². The van der Waals surface area contributed by atoms with Crippen LogP contribution >= 0.6 is 11.3 Å². The third-order valence-corrected chi connectivity index (χ3v) is 5.91. The molecule has 1 aromatic heterocycles. The van der Waals surface area contributed by atoms with E-state index in [0.29, 0.717) is 23.6 Å². The summed E-state index contributed by atoms with van der Waals surface area (Å²) in [5.74, 6) is -4.95. The van der Waals surface area contributed by atoms with Crippen molar-refractivity contribution in [2.45, 2.75) is 12.8 Å². The molecule has 0 saturated carbocycles. The van der Waals surface area contributed by atoms with Crippen LogP contribution in [0.25, 0.3) is 10.2 Å². The van der Waals surface area contributed by atoms with Crippen molar-refractivity contribution in [3.8, 4) is 0 Å². The van der Waals surface area contributed by atoms with Gasteiger partial charge in [-0.1, -0.05) is 11.3 Å². The number of hydrogen-bond acceptors (Lipinski definition) is 4. The molecule has 10 heteroatoms. The number of amides is 2. The van der Waals surface area contributed by atoms with Gasteiger partial charge in [-0.15, -0.1) is 0 Å². The molecule has 0 unspecified atom stereocenters. The van der Waals surface area contributed by atoms with E-state index >= 15 is 0 Å². The van der Waals surface area contributed by atoms with Crippen LogP contribution in [0.2, 0.25) is 0 Å². The molecule has 4 rings (SSSR count). The van der Waals surface area contributed by atoms with E-state index in [0.717, 1.165) is 35.6 Å². The Morgan fingerprint density at radius 2 is 1.70 bits per heavy atom. The number of fused-ring (bicyclic) bond motifs is 1. The molecule has 2 aromatic carbocycles. The zero-order valence-corrected chi connectivity index (χ0v) is 16.2. The van der Waals surface area contributed by atoms with E-state index in [-0.39, 0.29) is 35.2 Å². The summed E-state index contributed by atoms with van der Waals surface area (Å²) in [6.07, 6.45) is 0.711. The highest BCUT2D eigenvalue weighted by atomic mass is 32.1. The molecule has 156 valence electrons. The summed E-state index contributed by atoms with van der Waals surface area (Å²) in [5.41, 5.74) is 0.0317. The standard InChI is InChI=1S/C20H15F4N3O2S/c21-11-1-2-12(13(22)7-11)19(29)27-5-3-10(4-6-27)18(28)26-20-25-16-8-14(23)15(24)9-17(16)30-20/h1-2,7-10H,3-6H2,(H,25,26,28). The second kappa shape index (κ2) is 8.02. The van der Waals surface area contributed by atoms with Gasteiger partial charge in [0.1, 0.15) is 11.6 Å². The first-order chi connectivity index (χ1) is 14.3. The van der Waals surface area contributed by atoms with Crippen LogP contribution in [0.1, 0.15) is 23.2 Å². The van der Waals surface area contributed by atoms with Crippen molar-refractivity contribution in [2.75, 3.05) is 18.4 Å². The summed E-state index contributed by atoms with van der Waals surface area (Å²) in [6, 6.07) is 4.77. The molecular weight excluding hydrogens is 422 g/mol. The first-order valence-electron chi connectivity index (χ1n) is 9.12. The predicted molar refractivity (Wildman–Crippen MR) is 103 cm³/mol. The fraction of sp³-hybridized carbons (Fsp3) is 0.250. The van der Waals surface area contributed by atoms with Crippen molar-refractivity contribution in [1.29, 1.82) is 0 Å². The molecule has 0 radical (unpaired) electrons. The van der Waals surface area contributed by atoms with Gasteiger partial charge < -0.3 is 10.2 Å². The number of likely N-dealkylation sites (tertiary alicyclic amines) is 1. The molecule has 1 fully saturated rings. The number of piperidine rings is 1. The van der Waals surface area contributed by atoms with E-state index in [4.69, 9.17) is 0 Å². The Balaban J connectivity index is 1.38. The Hall–Kier alpha value is -3.01. The monoisotopic (exact) mass is 437 g/mol. The summed E-state index contributed by atoms with van der Waals surface area (Å²) < 4.78 is 53.9. The van der Waals surface area contributed by atoms with Crippen molar-refractivity contribution in [3.63, 3.8) is 0 Å². The van der Waals surface area contributed by atoms with Gasteiger partial charge in [0.05, 0.1) is 15.8 Å². The third-order valence-electron chi connectivity index (χ3n) is 4.98. The molecule has 1 saturated heterocycles. The maximum Gasteiger partial charge on any atom is 0.256 e. The maximum atomic E-state index is 13.8. The predicted octanol–water partition coefficient (Wildman–Crippen LogP) is 4.34. The van der Waals surface area contributed by atoms with Gasteiger partial charge in [-0.25, -0.2) is 22.5 Å². The number of nitrogens with one attached hydrogen (secondary N) is 1. The number of benzene rings is 2. The first kappa shape index (κ1) is 20.3. The van der Waals surface area contributed by atoms with Crippen molar-refractivity contribution >= 4 is 38.5 Å². The van der Waals surface area contributed by atoms with Crippen LogP contribution < -0.4 is 5.32 Å². The van der Waals surface area contributed by atoms with Gasteiger partial charge in [0.15, 0.2) is 16.8 Å². The summed E-state index contributed by atoms with van der Waals surface area (Å²) in [5, 5.41) is 2.88. The van der Waals surface area contributed by atoms with Gasteiger partial charge in [0.2, 0.25) is 5.91 Å². The lowest BCUT2D eigenvalue weighted by molar-refractivity contribution is -0.121. The van der Waals surface area contributed by atoms with Crippen molar-refractivity contribution in [1.82, 2.24) is 9.88 Å². The van der Waals surface area contributed by atoms with Gasteiger partial charge in [0, 0.05) is 31.1 Å². The van der Waals surface area contributed by atoms with E-state index in [2.05, 4.69) is 10.3 Å². The molecule has 5 nitrogen and oxygen atoms in total. The highest BCUT2D eigenvalue weighted by Crippen LogP contribution is 2.29. The highest BCUT2D eigenvalue weighted by molar-refractivity contribution is 7.22. The lowest BCUT2D eigenvalue weighted by Crippen LogP contribution is -2.41. The van der Waals surface area contributed by atoms with Crippen molar-refractivity contribution < 1.29 is 27.2 Å². The van der Waals surface area contributed by atoms with Crippen LogP contribution in [0.5, 0.6) is 0 Å². The molecule has 0 atom stereocenters. The molecule has 1 aliphatic heterocycles. The second-order valence-corrected chi connectivity index (χ2v) is 7.96. The van der Waals surface area contributed by atoms with Crippen LogP contribution in [0.3, 0.4) is 0 Å². The molecule has 2 heterocycles. The maximum absolute atomic E-state index is 13.8. The van der Waals surface area contributed by atoms with Gasteiger partial charge in [-0.3, -0.25) is 9.59 Å². The van der Waals surface area contributed by atoms with Crippen molar-refractivity contribution in [3.05, 3.63) is 59.2 Å². The van der Waals surface area contributed by atoms with Gasteiger partial charge in [-0.2, -0.15) is 0 Å². The van der Waals surface area contributed by atoms with E-state index in [1.807, 2.05) is 0 Å². The number of hydrogen-bond donors (Lipinski definition) is 1. The zero-order valence-electron chi connectivity index (χ0n) is 15.4. The summed E-state index contributed by atoms with van der Waals surface area (Å²) in [4.78, 5) is 30.5. The van der Waals surface area contributed by atoms with Crippen LogP contribution in [0, 0.1) is 29.2 Å².